The fourth-order valence-electron chi connectivity index (χ4n) is 2.17. The molecule has 1 aromatic heterocycles. The number of halogens is 2. The normalized spacial score (nSPS) is 19.1. The highest BCUT2D eigenvalue weighted by Gasteiger charge is 2.16. The van der Waals surface area contributed by atoms with Crippen LogP contribution in [-0.2, 0) is 12.4 Å². The van der Waals surface area contributed by atoms with Crippen LogP contribution in [0.5, 0.6) is 0 Å². The Hall–Kier alpha value is -0.550. The molecule has 1 aliphatic carbocycles. The lowest BCUT2D eigenvalue weighted by Crippen LogP contribution is -2.21. The smallest absolute Gasteiger partial charge is 0.283 e. The van der Waals surface area contributed by atoms with Gasteiger partial charge in [0.25, 0.3) is 5.56 Å². The summed E-state index contributed by atoms with van der Waals surface area (Å²) in [7, 11) is 1.92. The monoisotopic (exact) mass is 404 g/mol. The van der Waals surface area contributed by atoms with Crippen LogP contribution in [-0.4, -0.2) is 9.36 Å². The molecule has 2 rings (SSSR count). The third-order valence-corrected chi connectivity index (χ3v) is 4.50. The molecule has 0 saturated carbocycles. The average molecular weight is 406 g/mol. The second-order valence-corrected chi connectivity index (χ2v) is 5.69. The molecule has 0 atom stereocenters. The Labute approximate surface area is 137 Å². The zero-order valence-electron chi connectivity index (χ0n) is 12.3. The topological polar surface area (TPSA) is 26.9 Å². The highest BCUT2D eigenvalue weighted by molar-refractivity contribution is 9.10. The molecule has 0 saturated heterocycles. The predicted molar refractivity (Wildman–Crippen MR) is 93.2 cm³/mol. The third-order valence-electron chi connectivity index (χ3n) is 3.17. The summed E-state index contributed by atoms with van der Waals surface area (Å²) in [6, 6.07) is 0. The van der Waals surface area contributed by atoms with Crippen molar-refractivity contribution in [1.29, 1.82) is 0 Å². The quantitative estimate of drug-likeness (QED) is 0.510. The molecule has 5 heteroatoms. The fourth-order valence-corrected chi connectivity index (χ4v) is 3.75. The Morgan fingerprint density at radius 2 is 1.95 bits per heavy atom. The lowest BCUT2D eigenvalue weighted by atomic mass is 10.1. The molecule has 3 nitrogen and oxygen atoms in total. The summed E-state index contributed by atoms with van der Waals surface area (Å²) in [5, 5.41) is 0.662. The van der Waals surface area contributed by atoms with Crippen LogP contribution in [0.3, 0.4) is 0 Å². The van der Waals surface area contributed by atoms with E-state index in [1.54, 1.807) is 4.68 Å². The van der Waals surface area contributed by atoms with Gasteiger partial charge in [-0.05, 0) is 35.2 Å². The number of hydrogen-bond donors (Lipinski definition) is 0. The molecule has 0 radical (unpaired) electrons. The minimum absolute atomic E-state index is 0.0205. The maximum Gasteiger partial charge on any atom is 0.285 e. The maximum absolute atomic E-state index is 12.3. The van der Waals surface area contributed by atoms with E-state index < -0.39 is 0 Å². The summed E-state index contributed by atoms with van der Waals surface area (Å²) < 4.78 is 4.33. The molecule has 0 aromatic carbocycles. The van der Waals surface area contributed by atoms with E-state index in [9.17, 15) is 4.79 Å². The van der Waals surface area contributed by atoms with E-state index in [0.717, 1.165) is 37.1 Å². The van der Waals surface area contributed by atoms with Crippen LogP contribution < -0.4 is 5.56 Å². The van der Waals surface area contributed by atoms with E-state index in [-0.39, 0.29) is 5.56 Å². The van der Waals surface area contributed by atoms with E-state index in [1.807, 2.05) is 25.6 Å². The zero-order chi connectivity index (χ0) is 15.1. The summed E-state index contributed by atoms with van der Waals surface area (Å²) >= 11 is 6.81. The van der Waals surface area contributed by atoms with Crippen molar-refractivity contribution in [2.45, 2.75) is 44.9 Å². The van der Waals surface area contributed by atoms with Crippen molar-refractivity contribution in [2.75, 3.05) is 0 Å². The van der Waals surface area contributed by atoms with Gasteiger partial charge in [0.2, 0.25) is 0 Å². The highest BCUT2D eigenvalue weighted by atomic mass is 79.9. The Balaban J connectivity index is 0.000000956. The van der Waals surface area contributed by atoms with Crippen LogP contribution in [0.15, 0.2) is 27.5 Å². The van der Waals surface area contributed by atoms with E-state index in [0.29, 0.717) is 9.80 Å². The first-order chi connectivity index (χ1) is 9.66. The van der Waals surface area contributed by atoms with Crippen molar-refractivity contribution in [3.05, 3.63) is 38.7 Å². The van der Waals surface area contributed by atoms with Gasteiger partial charge in [0.05, 0.1) is 5.69 Å². The van der Waals surface area contributed by atoms with Crippen LogP contribution in [0.1, 0.15) is 45.2 Å². The van der Waals surface area contributed by atoms with Crippen molar-refractivity contribution in [1.82, 2.24) is 9.36 Å². The molecule has 112 valence electrons. The fraction of sp³-hybridized carbons (Fsp3) is 0.533. The molecule has 0 N–H and O–H groups in total. The molecule has 20 heavy (non-hydrogen) atoms. The number of allylic oxidation sites excluding steroid dienone is 4. The van der Waals surface area contributed by atoms with Gasteiger partial charge in [-0.3, -0.25) is 9.48 Å². The molecule has 0 spiro atoms. The van der Waals surface area contributed by atoms with Gasteiger partial charge >= 0.3 is 0 Å². The number of rotatable bonds is 2. The second-order valence-electron chi connectivity index (χ2n) is 4.34. The van der Waals surface area contributed by atoms with Crippen molar-refractivity contribution in [3.8, 4) is 0 Å². The zero-order valence-corrected chi connectivity index (χ0v) is 15.5. The van der Waals surface area contributed by atoms with E-state index in [4.69, 9.17) is 0 Å². The number of alkyl halides is 1. The van der Waals surface area contributed by atoms with Gasteiger partial charge in [-0.15, -0.1) is 0 Å². The molecule has 0 unspecified atom stereocenters. The van der Waals surface area contributed by atoms with E-state index in [1.165, 1.54) is 0 Å². The van der Waals surface area contributed by atoms with Crippen LogP contribution in [0.25, 0.3) is 5.70 Å². The third kappa shape index (κ3) is 3.76. The van der Waals surface area contributed by atoms with Crippen molar-refractivity contribution >= 4 is 37.6 Å². The lowest BCUT2D eigenvalue weighted by molar-refractivity contribution is 0.628. The summed E-state index contributed by atoms with van der Waals surface area (Å²) in [5.74, 6) is 0. The standard InChI is InChI=1S/C13H16Br2N2O.C2H6/c1-16-11(9-14)12(15)13(18)17(16)10-7-5-3-2-4-6-8-10;1-2/h3,5,8H,2,4,6-7,9H2,1H3;1-2H3/b5-3-,10-8+;. The largest absolute Gasteiger partial charge is 0.285 e. The van der Waals surface area contributed by atoms with Crippen LogP contribution in [0, 0.1) is 0 Å². The van der Waals surface area contributed by atoms with Crippen LogP contribution in [0.2, 0.25) is 0 Å². The summed E-state index contributed by atoms with van der Waals surface area (Å²) in [4.78, 5) is 12.3. The molecular formula is C15H22Br2N2O. The van der Waals surface area contributed by atoms with Gasteiger partial charge < -0.3 is 0 Å². The summed E-state index contributed by atoms with van der Waals surface area (Å²) in [6.07, 6.45) is 10.6. The van der Waals surface area contributed by atoms with Crippen molar-refractivity contribution < 1.29 is 0 Å². The van der Waals surface area contributed by atoms with E-state index in [2.05, 4.69) is 50.1 Å². The van der Waals surface area contributed by atoms with Crippen LogP contribution >= 0.6 is 31.9 Å². The predicted octanol–water partition coefficient (Wildman–Crippen LogP) is 4.84. The average Bonchev–Trinajstić information content (AvgIpc) is 2.64. The molecule has 0 aliphatic heterocycles. The van der Waals surface area contributed by atoms with Gasteiger partial charge in [0, 0.05) is 24.5 Å². The summed E-state index contributed by atoms with van der Waals surface area (Å²) in [6.45, 7) is 4.00. The van der Waals surface area contributed by atoms with Gasteiger partial charge in [0.1, 0.15) is 4.47 Å². The van der Waals surface area contributed by atoms with Crippen molar-refractivity contribution in [2.24, 2.45) is 7.05 Å². The van der Waals surface area contributed by atoms with Crippen LogP contribution in [0.4, 0.5) is 0 Å². The molecule has 0 fully saturated rings. The first-order valence-corrected chi connectivity index (χ1v) is 8.95. The van der Waals surface area contributed by atoms with Gasteiger partial charge in [-0.2, -0.15) is 0 Å². The van der Waals surface area contributed by atoms with Gasteiger partial charge in [0.15, 0.2) is 0 Å². The molecule has 1 aliphatic rings. The van der Waals surface area contributed by atoms with Crippen molar-refractivity contribution in [3.63, 3.8) is 0 Å². The molecule has 1 heterocycles. The molecule has 0 amide bonds. The number of nitrogens with zero attached hydrogens (tertiary/aromatic N) is 2. The first kappa shape index (κ1) is 17.5. The molecular weight excluding hydrogens is 384 g/mol. The Bertz CT molecular complexity index is 553. The Morgan fingerprint density at radius 3 is 2.55 bits per heavy atom. The number of aromatic nitrogens is 2. The highest BCUT2D eigenvalue weighted by Crippen LogP contribution is 2.21. The Morgan fingerprint density at radius 1 is 1.25 bits per heavy atom. The number of hydrogen-bond acceptors (Lipinski definition) is 1. The second kappa shape index (κ2) is 8.67. The minimum atomic E-state index is 0.0205. The Kier molecular flexibility index (Phi) is 7.59. The maximum atomic E-state index is 12.3. The SMILES string of the molecule is CC.Cn1c(CBr)c(Br)c(=O)n1/C1=C/CCC/C=C\C1. The molecule has 1 aromatic rings. The lowest BCUT2D eigenvalue weighted by Gasteiger charge is -2.13. The minimum Gasteiger partial charge on any atom is -0.283 e. The van der Waals surface area contributed by atoms with E-state index >= 15 is 0 Å². The molecule has 0 bridgehead atoms. The summed E-state index contributed by atoms with van der Waals surface area (Å²) in [5.41, 5.74) is 2.05. The first-order valence-electron chi connectivity index (χ1n) is 7.03. The van der Waals surface area contributed by atoms with Gasteiger partial charge in [-0.25, -0.2) is 4.68 Å². The van der Waals surface area contributed by atoms with Gasteiger partial charge in [-0.1, -0.05) is 48.0 Å².